The lowest BCUT2D eigenvalue weighted by molar-refractivity contribution is 0.222. The molecule has 2 N–H and O–H groups in total. The first-order valence-corrected chi connectivity index (χ1v) is 9.49. The van der Waals surface area contributed by atoms with E-state index in [0.29, 0.717) is 17.8 Å². The predicted molar refractivity (Wildman–Crippen MR) is 94.3 cm³/mol. The second-order valence-electron chi connectivity index (χ2n) is 6.98. The summed E-state index contributed by atoms with van der Waals surface area (Å²) in [6.07, 6.45) is 1.19. The predicted octanol–water partition coefficient (Wildman–Crippen LogP) is 1.94. The van der Waals surface area contributed by atoms with E-state index in [1.807, 2.05) is 14.1 Å². The number of amides is 2. The maximum atomic E-state index is 12.0. The maximum absolute atomic E-state index is 12.0. The van der Waals surface area contributed by atoms with Gasteiger partial charge in [0.2, 0.25) is 0 Å². The Balaban J connectivity index is 2.59. The first-order chi connectivity index (χ1) is 10.5. The number of nitrogens with one attached hydrogen (secondary N) is 2. The molecule has 0 atom stereocenters. The van der Waals surface area contributed by atoms with E-state index in [1.54, 1.807) is 24.3 Å². The van der Waals surface area contributed by atoms with Crippen molar-refractivity contribution in [3.8, 4) is 0 Å². The molecule has 0 spiro atoms. The summed E-state index contributed by atoms with van der Waals surface area (Å²) in [4.78, 5) is 14.1. The summed E-state index contributed by atoms with van der Waals surface area (Å²) in [7, 11) is 0.894. The molecule has 0 radical (unpaired) electrons. The number of rotatable bonds is 7. The lowest BCUT2D eigenvalue weighted by atomic mass is 9.93. The van der Waals surface area contributed by atoms with Crippen LogP contribution in [0.15, 0.2) is 24.3 Å². The van der Waals surface area contributed by atoms with Gasteiger partial charge in [-0.1, -0.05) is 26.0 Å². The molecule has 7 heteroatoms. The van der Waals surface area contributed by atoms with Gasteiger partial charge in [-0.2, -0.15) is 0 Å². The molecule has 6 nitrogen and oxygen atoms in total. The number of urea groups is 1. The molecule has 1 rings (SSSR count). The number of carbonyl (C=O) groups excluding carboxylic acids is 1. The molecule has 0 saturated heterocycles. The first kappa shape index (κ1) is 19.4. The Bertz CT molecular complexity index is 640. The summed E-state index contributed by atoms with van der Waals surface area (Å²) in [6, 6.07) is 6.56. The molecule has 0 aromatic heterocycles. The van der Waals surface area contributed by atoms with Gasteiger partial charge in [0.15, 0.2) is 9.84 Å². The SMILES string of the molecule is CN(C)CC(C)(C)CNC(=O)Nc1cccc(CS(C)(=O)=O)c1. The van der Waals surface area contributed by atoms with Crippen LogP contribution >= 0.6 is 0 Å². The van der Waals surface area contributed by atoms with E-state index in [2.05, 4.69) is 29.4 Å². The summed E-state index contributed by atoms with van der Waals surface area (Å²) < 4.78 is 22.7. The number of benzene rings is 1. The van der Waals surface area contributed by atoms with Gasteiger partial charge < -0.3 is 15.5 Å². The molecular formula is C16H27N3O3S. The van der Waals surface area contributed by atoms with Crippen LogP contribution in [0.3, 0.4) is 0 Å². The highest BCUT2D eigenvalue weighted by Gasteiger charge is 2.19. The van der Waals surface area contributed by atoms with Crippen LogP contribution in [0, 0.1) is 5.41 Å². The fraction of sp³-hybridized carbons (Fsp3) is 0.562. The molecule has 2 amide bonds. The van der Waals surface area contributed by atoms with E-state index >= 15 is 0 Å². The Hall–Kier alpha value is -1.60. The Labute approximate surface area is 139 Å². The minimum Gasteiger partial charge on any atom is -0.337 e. The van der Waals surface area contributed by atoms with Gasteiger partial charge in [-0.15, -0.1) is 0 Å². The van der Waals surface area contributed by atoms with Gasteiger partial charge in [0.1, 0.15) is 0 Å². The number of carbonyl (C=O) groups is 1. The highest BCUT2D eigenvalue weighted by molar-refractivity contribution is 7.89. The van der Waals surface area contributed by atoms with Crippen molar-refractivity contribution in [3.05, 3.63) is 29.8 Å². The summed E-state index contributed by atoms with van der Waals surface area (Å²) in [5, 5.41) is 5.59. The molecule has 1 aromatic carbocycles. The van der Waals surface area contributed by atoms with Gasteiger partial charge in [0.25, 0.3) is 0 Å². The normalized spacial score (nSPS) is 12.3. The van der Waals surface area contributed by atoms with E-state index in [9.17, 15) is 13.2 Å². The fourth-order valence-corrected chi connectivity index (χ4v) is 3.23. The number of hydrogen-bond donors (Lipinski definition) is 2. The van der Waals surface area contributed by atoms with Crippen LogP contribution in [-0.2, 0) is 15.6 Å². The van der Waals surface area contributed by atoms with Gasteiger partial charge in [-0.25, -0.2) is 13.2 Å². The van der Waals surface area contributed by atoms with Crippen molar-refractivity contribution in [1.29, 1.82) is 0 Å². The van der Waals surface area contributed by atoms with Crippen molar-refractivity contribution < 1.29 is 13.2 Å². The van der Waals surface area contributed by atoms with E-state index in [-0.39, 0.29) is 17.2 Å². The quantitative estimate of drug-likeness (QED) is 0.794. The lowest BCUT2D eigenvalue weighted by Gasteiger charge is -2.28. The van der Waals surface area contributed by atoms with Crippen molar-refractivity contribution in [2.24, 2.45) is 5.41 Å². The summed E-state index contributed by atoms with van der Waals surface area (Å²) in [5.74, 6) is -0.0417. The second kappa shape index (κ2) is 7.79. The van der Waals surface area contributed by atoms with Crippen LogP contribution in [0.2, 0.25) is 0 Å². The highest BCUT2D eigenvalue weighted by Crippen LogP contribution is 2.15. The molecule has 0 saturated carbocycles. The van der Waals surface area contributed by atoms with Gasteiger partial charge in [-0.3, -0.25) is 0 Å². The third-order valence-corrected chi connectivity index (χ3v) is 3.94. The zero-order chi connectivity index (χ0) is 17.7. The molecule has 0 heterocycles. The number of nitrogens with zero attached hydrogens (tertiary/aromatic N) is 1. The zero-order valence-corrected chi connectivity index (χ0v) is 15.3. The number of anilines is 1. The average Bonchev–Trinajstić information content (AvgIpc) is 2.33. The third-order valence-electron chi connectivity index (χ3n) is 3.09. The van der Waals surface area contributed by atoms with E-state index in [1.165, 1.54) is 6.26 Å². The molecule has 23 heavy (non-hydrogen) atoms. The molecular weight excluding hydrogens is 314 g/mol. The molecule has 0 fully saturated rings. The third kappa shape index (κ3) is 8.56. The number of hydrogen-bond acceptors (Lipinski definition) is 4. The highest BCUT2D eigenvalue weighted by atomic mass is 32.2. The van der Waals surface area contributed by atoms with Crippen LogP contribution < -0.4 is 10.6 Å². The van der Waals surface area contributed by atoms with Gasteiger partial charge in [-0.05, 0) is 37.2 Å². The van der Waals surface area contributed by atoms with Crippen LogP contribution in [0.1, 0.15) is 19.4 Å². The van der Waals surface area contributed by atoms with Crippen LogP contribution in [0.25, 0.3) is 0 Å². The van der Waals surface area contributed by atoms with Crippen LogP contribution in [-0.4, -0.2) is 52.8 Å². The molecule has 0 aliphatic rings. The van der Waals surface area contributed by atoms with E-state index < -0.39 is 9.84 Å². The fourth-order valence-electron chi connectivity index (χ4n) is 2.45. The van der Waals surface area contributed by atoms with Gasteiger partial charge in [0, 0.05) is 25.0 Å². The van der Waals surface area contributed by atoms with Gasteiger partial charge in [0.05, 0.1) is 5.75 Å². The second-order valence-corrected chi connectivity index (χ2v) is 9.12. The monoisotopic (exact) mass is 341 g/mol. The Morgan fingerprint density at radius 2 is 1.91 bits per heavy atom. The minimum atomic E-state index is -3.10. The molecule has 0 unspecified atom stereocenters. The zero-order valence-electron chi connectivity index (χ0n) is 14.5. The minimum absolute atomic E-state index is 0.0417. The van der Waals surface area contributed by atoms with E-state index in [4.69, 9.17) is 0 Å². The molecule has 1 aromatic rings. The summed E-state index contributed by atoms with van der Waals surface area (Å²) in [6.45, 7) is 5.57. The van der Waals surface area contributed by atoms with Crippen molar-refractivity contribution in [2.45, 2.75) is 19.6 Å². The standard InChI is InChI=1S/C16H27N3O3S/c1-16(2,12-19(3)4)11-17-15(20)18-14-8-6-7-13(9-14)10-23(5,21)22/h6-9H,10-12H2,1-5H3,(H2,17,18,20). The molecule has 0 aliphatic carbocycles. The van der Waals surface area contributed by atoms with Gasteiger partial charge >= 0.3 is 6.03 Å². The lowest BCUT2D eigenvalue weighted by Crippen LogP contribution is -2.41. The molecule has 130 valence electrons. The Morgan fingerprint density at radius 1 is 1.26 bits per heavy atom. The number of sulfone groups is 1. The van der Waals surface area contributed by atoms with Crippen molar-refractivity contribution in [2.75, 3.05) is 38.8 Å². The van der Waals surface area contributed by atoms with Crippen molar-refractivity contribution >= 4 is 21.6 Å². The summed E-state index contributed by atoms with van der Waals surface area (Å²) in [5.41, 5.74) is 1.19. The first-order valence-electron chi connectivity index (χ1n) is 7.43. The Morgan fingerprint density at radius 3 is 2.48 bits per heavy atom. The van der Waals surface area contributed by atoms with Crippen LogP contribution in [0.5, 0.6) is 0 Å². The summed E-state index contributed by atoms with van der Waals surface area (Å²) >= 11 is 0. The average molecular weight is 341 g/mol. The molecule has 0 aliphatic heterocycles. The Kier molecular flexibility index (Phi) is 6.58. The van der Waals surface area contributed by atoms with Crippen molar-refractivity contribution in [1.82, 2.24) is 10.2 Å². The largest absolute Gasteiger partial charge is 0.337 e. The maximum Gasteiger partial charge on any atom is 0.319 e. The topological polar surface area (TPSA) is 78.5 Å². The van der Waals surface area contributed by atoms with Crippen molar-refractivity contribution in [3.63, 3.8) is 0 Å². The smallest absolute Gasteiger partial charge is 0.319 e. The molecule has 0 bridgehead atoms. The van der Waals surface area contributed by atoms with E-state index in [0.717, 1.165) is 6.54 Å². The van der Waals surface area contributed by atoms with Crippen LogP contribution in [0.4, 0.5) is 10.5 Å².